The molecule has 5 rings (SSSR count). The van der Waals surface area contributed by atoms with Crippen LogP contribution in [-0.2, 0) is 24.5 Å². The molecule has 0 aliphatic heterocycles. The molecule has 0 N–H and O–H groups in total. The summed E-state index contributed by atoms with van der Waals surface area (Å²) in [5.74, 6) is 0.720. The summed E-state index contributed by atoms with van der Waals surface area (Å²) in [5, 5.41) is 5.16. The summed E-state index contributed by atoms with van der Waals surface area (Å²) < 4.78 is 61.0. The van der Waals surface area contributed by atoms with Gasteiger partial charge >= 0.3 is 5.69 Å². The highest BCUT2D eigenvalue weighted by Crippen LogP contribution is 2.38. The molecule has 1 unspecified atom stereocenters. The molecule has 0 bridgehead atoms. The van der Waals surface area contributed by atoms with E-state index in [4.69, 9.17) is 14.2 Å². The number of hydrogen-bond acceptors (Lipinski definition) is 7. The van der Waals surface area contributed by atoms with Crippen molar-refractivity contribution in [3.63, 3.8) is 0 Å². The molecular formula is C31H30F3N5O4. The third-order valence-electron chi connectivity index (χ3n) is 6.81. The van der Waals surface area contributed by atoms with E-state index in [1.165, 1.54) is 16.8 Å². The highest BCUT2D eigenvalue weighted by molar-refractivity contribution is 5.94. The van der Waals surface area contributed by atoms with Gasteiger partial charge in [-0.15, -0.1) is 5.10 Å². The molecule has 0 aliphatic rings. The second-order valence-electron chi connectivity index (χ2n) is 9.78. The Morgan fingerprint density at radius 1 is 0.977 bits per heavy atom. The van der Waals surface area contributed by atoms with Crippen molar-refractivity contribution in [1.82, 2.24) is 24.3 Å². The van der Waals surface area contributed by atoms with E-state index in [9.17, 15) is 18.0 Å². The van der Waals surface area contributed by atoms with Crippen molar-refractivity contribution in [1.29, 1.82) is 0 Å². The summed E-state index contributed by atoms with van der Waals surface area (Å²) in [7, 11) is 0. The van der Waals surface area contributed by atoms with Crippen molar-refractivity contribution < 1.29 is 27.4 Å². The van der Waals surface area contributed by atoms with Gasteiger partial charge in [-0.2, -0.15) is 4.68 Å². The Morgan fingerprint density at radius 3 is 2.44 bits per heavy atom. The van der Waals surface area contributed by atoms with Crippen molar-refractivity contribution in [2.24, 2.45) is 0 Å². The summed E-state index contributed by atoms with van der Waals surface area (Å²) in [6, 6.07) is 15.9. The van der Waals surface area contributed by atoms with Gasteiger partial charge in [0.1, 0.15) is 19.0 Å². The molecule has 0 radical (unpaired) electrons. The van der Waals surface area contributed by atoms with Crippen LogP contribution in [0.3, 0.4) is 0 Å². The normalized spacial score (nSPS) is 12.2. The number of aryl methyl sites for hydroxylation is 2. The molecule has 3 aromatic heterocycles. The Morgan fingerprint density at radius 2 is 1.74 bits per heavy atom. The molecule has 43 heavy (non-hydrogen) atoms. The third kappa shape index (κ3) is 6.38. The summed E-state index contributed by atoms with van der Waals surface area (Å²) in [5.41, 5.74) is 2.09. The lowest BCUT2D eigenvalue weighted by Gasteiger charge is -2.19. The molecule has 5 aromatic rings. The molecular weight excluding hydrogens is 563 g/mol. The summed E-state index contributed by atoms with van der Waals surface area (Å²) in [6.45, 7) is 4.66. The largest absolute Gasteiger partial charge is 0.481 e. The van der Waals surface area contributed by atoms with E-state index in [0.29, 0.717) is 35.8 Å². The number of nitrogens with zero attached hydrogens (tertiary/aromatic N) is 5. The second-order valence-corrected chi connectivity index (χ2v) is 9.78. The minimum Gasteiger partial charge on any atom is -0.481 e. The maximum absolute atomic E-state index is 13.7. The van der Waals surface area contributed by atoms with E-state index in [2.05, 4.69) is 15.1 Å². The van der Waals surface area contributed by atoms with E-state index in [1.807, 2.05) is 37.3 Å². The first-order chi connectivity index (χ1) is 20.8. The summed E-state index contributed by atoms with van der Waals surface area (Å²) in [4.78, 5) is 22.0. The van der Waals surface area contributed by atoms with Crippen LogP contribution in [0.5, 0.6) is 17.4 Å². The van der Waals surface area contributed by atoms with Crippen LogP contribution in [-0.4, -0.2) is 43.5 Å². The molecule has 12 heteroatoms. The highest BCUT2D eigenvalue weighted by atomic mass is 19.3. The van der Waals surface area contributed by atoms with Crippen LogP contribution < -0.4 is 15.2 Å². The number of aromatic nitrogens is 5. The maximum atomic E-state index is 13.7. The molecule has 9 nitrogen and oxygen atoms in total. The number of fused-ring (bicyclic) bond motifs is 1. The Hall–Kier alpha value is -4.71. The van der Waals surface area contributed by atoms with Crippen molar-refractivity contribution in [2.75, 3.05) is 6.67 Å². The molecule has 1 atom stereocenters. The Bertz CT molecular complexity index is 1760. The van der Waals surface area contributed by atoms with Crippen LogP contribution in [0, 0.1) is 13.8 Å². The quantitative estimate of drug-likeness (QED) is 0.172. The number of halogens is 3. The van der Waals surface area contributed by atoms with Gasteiger partial charge in [-0.1, -0.05) is 30.3 Å². The molecule has 2 aromatic carbocycles. The van der Waals surface area contributed by atoms with Crippen LogP contribution in [0.4, 0.5) is 13.2 Å². The molecule has 0 aliphatic carbocycles. The van der Waals surface area contributed by atoms with Crippen molar-refractivity contribution in [3.8, 4) is 23.1 Å². The van der Waals surface area contributed by atoms with E-state index >= 15 is 0 Å². The van der Waals surface area contributed by atoms with Gasteiger partial charge in [0.05, 0.1) is 23.4 Å². The summed E-state index contributed by atoms with van der Waals surface area (Å²) in [6.07, 6.45) is -2.05. The van der Waals surface area contributed by atoms with Crippen molar-refractivity contribution in [3.05, 3.63) is 100 Å². The van der Waals surface area contributed by atoms with Crippen molar-refractivity contribution >= 4 is 10.8 Å². The zero-order valence-corrected chi connectivity index (χ0v) is 23.8. The third-order valence-corrected chi connectivity index (χ3v) is 6.81. The number of pyridine rings is 2. The molecule has 3 heterocycles. The van der Waals surface area contributed by atoms with Gasteiger partial charge in [-0.25, -0.2) is 22.9 Å². The standard InChI is InChI=1S/C31H30F3N5O4/c1-4-38-26(18-41-17-21-8-6-5-7-9-21)37-39(31(38)40)23-14-22-11-13-36-30(43-28-19(2)10-12-35-20(28)3)27(22)24(15-23)42-25(16-32)29(33)34/h5-15,25,29H,4,16-18H2,1-3H3. The number of alkyl halides is 3. The Labute approximate surface area is 245 Å². The van der Waals surface area contributed by atoms with Crippen molar-refractivity contribution in [2.45, 2.75) is 53.1 Å². The molecule has 0 spiro atoms. The molecule has 0 saturated carbocycles. The SMILES string of the molecule is CCn1c(COCc2ccccc2)nn(-c2cc(OC(CF)C(F)F)c3c(Oc4c(C)ccnc4C)nccc3c2)c1=O. The fourth-order valence-corrected chi connectivity index (χ4v) is 4.63. The van der Waals surface area contributed by atoms with Crippen LogP contribution in [0.25, 0.3) is 16.5 Å². The van der Waals surface area contributed by atoms with Crippen LogP contribution in [0.15, 0.2) is 71.8 Å². The van der Waals surface area contributed by atoms with Gasteiger partial charge in [0, 0.05) is 25.0 Å². The zero-order chi connectivity index (χ0) is 30.5. The molecule has 224 valence electrons. The predicted molar refractivity (Wildman–Crippen MR) is 154 cm³/mol. The topological polar surface area (TPSA) is 93.3 Å². The lowest BCUT2D eigenvalue weighted by atomic mass is 10.1. The van der Waals surface area contributed by atoms with Crippen LogP contribution >= 0.6 is 0 Å². The van der Waals surface area contributed by atoms with Gasteiger partial charge in [0.25, 0.3) is 6.43 Å². The van der Waals surface area contributed by atoms with E-state index in [-0.39, 0.29) is 29.3 Å². The number of rotatable bonds is 12. The zero-order valence-electron chi connectivity index (χ0n) is 23.8. The van der Waals surface area contributed by atoms with E-state index in [0.717, 1.165) is 15.8 Å². The first kappa shape index (κ1) is 29.8. The number of hydrogen-bond donors (Lipinski definition) is 0. The van der Waals surface area contributed by atoms with E-state index < -0.39 is 24.9 Å². The van der Waals surface area contributed by atoms with Gasteiger partial charge in [0.15, 0.2) is 17.7 Å². The van der Waals surface area contributed by atoms with Gasteiger partial charge in [-0.05, 0) is 55.5 Å². The second kappa shape index (κ2) is 13.1. The Balaban J connectivity index is 1.58. The lowest BCUT2D eigenvalue weighted by Crippen LogP contribution is -2.28. The highest BCUT2D eigenvalue weighted by Gasteiger charge is 2.26. The number of benzene rings is 2. The van der Waals surface area contributed by atoms with E-state index in [1.54, 1.807) is 38.2 Å². The van der Waals surface area contributed by atoms with Crippen LogP contribution in [0.2, 0.25) is 0 Å². The lowest BCUT2D eigenvalue weighted by molar-refractivity contribution is -0.000431. The molecule has 0 amide bonds. The first-order valence-corrected chi connectivity index (χ1v) is 13.6. The molecule has 0 fully saturated rings. The Kier molecular flexibility index (Phi) is 9.05. The maximum Gasteiger partial charge on any atom is 0.350 e. The molecule has 0 saturated heterocycles. The average Bonchev–Trinajstić information content (AvgIpc) is 3.32. The van der Waals surface area contributed by atoms with Gasteiger partial charge in [-0.3, -0.25) is 9.55 Å². The average molecular weight is 594 g/mol. The first-order valence-electron chi connectivity index (χ1n) is 13.6. The predicted octanol–water partition coefficient (Wildman–Crippen LogP) is 6.11. The van der Waals surface area contributed by atoms with Gasteiger partial charge < -0.3 is 14.2 Å². The fourth-order valence-electron chi connectivity index (χ4n) is 4.63. The minimum atomic E-state index is -3.11. The van der Waals surface area contributed by atoms with Crippen LogP contribution in [0.1, 0.15) is 29.6 Å². The van der Waals surface area contributed by atoms with Gasteiger partial charge in [0.2, 0.25) is 5.88 Å². The minimum absolute atomic E-state index is 0.0477. The summed E-state index contributed by atoms with van der Waals surface area (Å²) >= 11 is 0. The number of ether oxygens (including phenoxy) is 3. The monoisotopic (exact) mass is 593 g/mol. The fraction of sp³-hybridized carbons (Fsp3) is 0.290. The smallest absolute Gasteiger partial charge is 0.350 e.